The molecule has 0 amide bonds. The van der Waals surface area contributed by atoms with Gasteiger partial charge in [-0.3, -0.25) is 0 Å². The van der Waals surface area contributed by atoms with Crippen molar-refractivity contribution in [2.45, 2.75) is 0 Å². The van der Waals surface area contributed by atoms with E-state index in [1.54, 1.807) is 22.6 Å². The van der Waals surface area contributed by atoms with Crippen LogP contribution in [0.5, 0.6) is 0 Å². The van der Waals surface area contributed by atoms with Crippen molar-refractivity contribution in [3.05, 3.63) is 37.0 Å². The number of hydrogen-bond acceptors (Lipinski definition) is 1. The van der Waals surface area contributed by atoms with Gasteiger partial charge in [-0.05, 0) is 40.3 Å². The first-order valence-corrected chi connectivity index (χ1v) is 4.31. The second kappa shape index (κ2) is 3.93. The Hall–Kier alpha value is -0.520. The molecule has 0 heterocycles. The molecule has 0 unspecified atom stereocenters. The summed E-state index contributed by atoms with van der Waals surface area (Å²) < 4.78 is 13.2. The lowest BCUT2D eigenvalue weighted by atomic mass is 10.3. The summed E-state index contributed by atoms with van der Waals surface area (Å²) in [5, 5.41) is 3.31. The van der Waals surface area contributed by atoms with Gasteiger partial charge in [0.2, 0.25) is 0 Å². The van der Waals surface area contributed by atoms with E-state index in [1.807, 2.05) is 0 Å². The maximum atomic E-state index is 13.0. The zero-order valence-electron chi connectivity index (χ0n) is 5.63. The summed E-state index contributed by atoms with van der Waals surface area (Å²) in [4.78, 5) is 2.55. The van der Waals surface area contributed by atoms with Crippen molar-refractivity contribution < 1.29 is 4.39 Å². The SMILES string of the molecule is [N-]=[N+]=Nc1ccc(Cl)c(F)c1I. The van der Waals surface area contributed by atoms with E-state index >= 15 is 0 Å². The molecule has 0 aliphatic carbocycles. The smallest absolute Gasteiger partial charge is 0.155 e. The molecular formula is C6H2ClFIN3. The van der Waals surface area contributed by atoms with Crippen LogP contribution in [0.2, 0.25) is 5.02 Å². The first-order valence-electron chi connectivity index (χ1n) is 2.85. The lowest BCUT2D eigenvalue weighted by molar-refractivity contribution is 0.621. The van der Waals surface area contributed by atoms with Gasteiger partial charge in [-0.1, -0.05) is 16.7 Å². The van der Waals surface area contributed by atoms with E-state index in [0.29, 0.717) is 0 Å². The van der Waals surface area contributed by atoms with E-state index < -0.39 is 5.82 Å². The quantitative estimate of drug-likeness (QED) is 0.247. The van der Waals surface area contributed by atoms with E-state index in [0.717, 1.165) is 0 Å². The Kier molecular flexibility index (Phi) is 3.13. The predicted molar refractivity (Wildman–Crippen MR) is 52.9 cm³/mol. The fourth-order valence-electron chi connectivity index (χ4n) is 0.641. The molecule has 1 aromatic carbocycles. The minimum atomic E-state index is -0.554. The summed E-state index contributed by atoms with van der Waals surface area (Å²) in [6, 6.07) is 2.82. The highest BCUT2D eigenvalue weighted by Crippen LogP contribution is 2.28. The first-order chi connectivity index (χ1) is 5.66. The van der Waals surface area contributed by atoms with E-state index in [2.05, 4.69) is 10.0 Å². The fourth-order valence-corrected chi connectivity index (χ4v) is 1.54. The molecule has 0 aromatic heterocycles. The van der Waals surface area contributed by atoms with E-state index in [1.165, 1.54) is 12.1 Å². The number of hydrogen-bond donors (Lipinski definition) is 0. The number of halogens is 3. The molecule has 0 aliphatic heterocycles. The van der Waals surface area contributed by atoms with Gasteiger partial charge in [-0.2, -0.15) is 0 Å². The molecule has 6 heteroatoms. The molecule has 12 heavy (non-hydrogen) atoms. The predicted octanol–water partition coefficient (Wildman–Crippen LogP) is 4.03. The van der Waals surface area contributed by atoms with Crippen LogP contribution in [-0.4, -0.2) is 0 Å². The number of nitrogens with zero attached hydrogens (tertiary/aromatic N) is 3. The molecule has 1 rings (SSSR count). The van der Waals surface area contributed by atoms with Gasteiger partial charge in [-0.15, -0.1) is 0 Å². The van der Waals surface area contributed by atoms with E-state index in [4.69, 9.17) is 17.1 Å². The molecule has 0 aliphatic rings. The number of rotatable bonds is 1. The molecule has 0 spiro atoms. The lowest BCUT2D eigenvalue weighted by Crippen LogP contribution is -1.82. The molecule has 0 radical (unpaired) electrons. The van der Waals surface area contributed by atoms with Gasteiger partial charge in [-0.25, -0.2) is 4.39 Å². The zero-order chi connectivity index (χ0) is 9.14. The van der Waals surface area contributed by atoms with Crippen LogP contribution >= 0.6 is 34.2 Å². The molecule has 1 aromatic rings. The first kappa shape index (κ1) is 9.57. The van der Waals surface area contributed by atoms with Crippen LogP contribution in [0.1, 0.15) is 0 Å². The number of benzene rings is 1. The Morgan fingerprint density at radius 2 is 2.25 bits per heavy atom. The van der Waals surface area contributed by atoms with Crippen molar-refractivity contribution >= 4 is 39.9 Å². The van der Waals surface area contributed by atoms with Crippen molar-refractivity contribution in [2.75, 3.05) is 0 Å². The van der Waals surface area contributed by atoms with Gasteiger partial charge in [0.1, 0.15) is 0 Å². The highest BCUT2D eigenvalue weighted by molar-refractivity contribution is 14.1. The molecule has 3 nitrogen and oxygen atoms in total. The summed E-state index contributed by atoms with van der Waals surface area (Å²) in [5.74, 6) is -0.554. The zero-order valence-corrected chi connectivity index (χ0v) is 8.54. The van der Waals surface area contributed by atoms with Gasteiger partial charge in [0.25, 0.3) is 0 Å². The van der Waals surface area contributed by atoms with E-state index in [9.17, 15) is 4.39 Å². The van der Waals surface area contributed by atoms with Gasteiger partial charge >= 0.3 is 0 Å². The Morgan fingerprint density at radius 3 is 2.83 bits per heavy atom. The maximum absolute atomic E-state index is 13.0. The average molecular weight is 297 g/mol. The molecule has 0 saturated heterocycles. The normalized spacial score (nSPS) is 9.25. The topological polar surface area (TPSA) is 48.8 Å². The molecule has 62 valence electrons. The van der Waals surface area contributed by atoms with Gasteiger partial charge < -0.3 is 0 Å². The Bertz CT molecular complexity index is 362. The van der Waals surface area contributed by atoms with Crippen molar-refractivity contribution in [3.63, 3.8) is 0 Å². The maximum Gasteiger partial charge on any atom is 0.155 e. The minimum Gasteiger partial charge on any atom is -0.204 e. The Labute approximate surface area is 86.3 Å². The van der Waals surface area contributed by atoms with E-state index in [-0.39, 0.29) is 14.3 Å². The van der Waals surface area contributed by atoms with Gasteiger partial charge in [0, 0.05) is 4.91 Å². The van der Waals surface area contributed by atoms with Crippen molar-refractivity contribution in [1.82, 2.24) is 0 Å². The monoisotopic (exact) mass is 297 g/mol. The van der Waals surface area contributed by atoms with Crippen LogP contribution < -0.4 is 0 Å². The second-order valence-electron chi connectivity index (χ2n) is 1.88. The van der Waals surface area contributed by atoms with Crippen LogP contribution in [0.3, 0.4) is 0 Å². The minimum absolute atomic E-state index is 0.0243. The summed E-state index contributed by atoms with van der Waals surface area (Å²) in [5.41, 5.74) is 8.35. The summed E-state index contributed by atoms with van der Waals surface area (Å²) in [7, 11) is 0. The molecule has 0 bridgehead atoms. The van der Waals surface area contributed by atoms with Gasteiger partial charge in [0.05, 0.1) is 14.3 Å². The third-order valence-electron chi connectivity index (χ3n) is 1.17. The van der Waals surface area contributed by atoms with Crippen molar-refractivity contribution in [1.29, 1.82) is 0 Å². The summed E-state index contributed by atoms with van der Waals surface area (Å²) >= 11 is 7.20. The van der Waals surface area contributed by atoms with Crippen LogP contribution in [0.25, 0.3) is 10.4 Å². The van der Waals surface area contributed by atoms with Crippen molar-refractivity contribution in [2.24, 2.45) is 5.11 Å². The lowest BCUT2D eigenvalue weighted by Gasteiger charge is -1.99. The van der Waals surface area contributed by atoms with Crippen LogP contribution in [0.4, 0.5) is 10.1 Å². The molecule has 0 fully saturated rings. The molecular weight excluding hydrogens is 295 g/mol. The van der Waals surface area contributed by atoms with Gasteiger partial charge in [0.15, 0.2) is 5.82 Å². The van der Waals surface area contributed by atoms with Crippen LogP contribution in [0.15, 0.2) is 17.2 Å². The standard InChI is InChI=1S/C6H2ClFIN3/c7-3-1-2-4(11-12-10)6(9)5(3)8/h1-2H. The second-order valence-corrected chi connectivity index (χ2v) is 3.37. The van der Waals surface area contributed by atoms with Crippen LogP contribution in [-0.2, 0) is 0 Å². The van der Waals surface area contributed by atoms with Crippen LogP contribution in [0, 0.1) is 9.39 Å². The van der Waals surface area contributed by atoms with Crippen molar-refractivity contribution in [3.8, 4) is 0 Å². The Balaban J connectivity index is 3.35. The summed E-state index contributed by atoms with van der Waals surface area (Å²) in [6.45, 7) is 0. The Morgan fingerprint density at radius 1 is 1.58 bits per heavy atom. The third-order valence-corrected chi connectivity index (χ3v) is 2.49. The third kappa shape index (κ3) is 1.80. The molecule has 0 N–H and O–H groups in total. The highest BCUT2D eigenvalue weighted by Gasteiger charge is 2.07. The largest absolute Gasteiger partial charge is 0.204 e. The molecule has 0 atom stereocenters. The fraction of sp³-hybridized carbons (Fsp3) is 0. The number of azide groups is 1. The average Bonchev–Trinajstić information content (AvgIpc) is 2.07. The summed E-state index contributed by atoms with van der Waals surface area (Å²) in [6.07, 6.45) is 0. The highest BCUT2D eigenvalue weighted by atomic mass is 127. The molecule has 0 saturated carbocycles.